The van der Waals surface area contributed by atoms with Gasteiger partial charge in [0.05, 0.1) is 36.5 Å². The number of hydrogen-bond acceptors (Lipinski definition) is 5. The van der Waals surface area contributed by atoms with Gasteiger partial charge in [-0.2, -0.15) is 5.10 Å². The van der Waals surface area contributed by atoms with Crippen molar-refractivity contribution in [3.8, 4) is 17.0 Å². The summed E-state index contributed by atoms with van der Waals surface area (Å²) in [5, 5.41) is 11.9. The highest BCUT2D eigenvalue weighted by molar-refractivity contribution is 6.01. The van der Waals surface area contributed by atoms with Crippen LogP contribution in [0.1, 0.15) is 67.4 Å². The van der Waals surface area contributed by atoms with Gasteiger partial charge in [-0.25, -0.2) is 0 Å². The zero-order valence-corrected chi connectivity index (χ0v) is 23.6. The van der Waals surface area contributed by atoms with Gasteiger partial charge in [0, 0.05) is 28.6 Å². The Balaban J connectivity index is 1.05. The smallest absolute Gasteiger partial charge is 0.251 e. The number of fused-ring (bicyclic) bond motifs is 3. The molecule has 41 heavy (non-hydrogen) atoms. The Morgan fingerprint density at radius 1 is 1.02 bits per heavy atom. The summed E-state index contributed by atoms with van der Waals surface area (Å²) in [6.07, 6.45) is 6.87. The van der Waals surface area contributed by atoms with Crippen molar-refractivity contribution in [3.05, 3.63) is 83.9 Å². The number of H-pyrrole nitrogens is 1. The maximum atomic E-state index is 13.3. The van der Waals surface area contributed by atoms with E-state index in [0.29, 0.717) is 23.7 Å². The number of aromatic amines is 1. The van der Waals surface area contributed by atoms with Gasteiger partial charge < -0.3 is 14.8 Å². The summed E-state index contributed by atoms with van der Waals surface area (Å²) in [6.45, 7) is 3.92. The third kappa shape index (κ3) is 5.24. The van der Waals surface area contributed by atoms with Gasteiger partial charge in [0.25, 0.3) is 5.91 Å². The van der Waals surface area contributed by atoms with E-state index in [1.165, 1.54) is 12.8 Å². The van der Waals surface area contributed by atoms with Crippen LogP contribution in [0.5, 0.6) is 5.75 Å². The summed E-state index contributed by atoms with van der Waals surface area (Å²) >= 11 is 0. The molecule has 2 N–H and O–H groups in total. The highest BCUT2D eigenvalue weighted by Gasteiger charge is 2.46. The zero-order chi connectivity index (χ0) is 27.8. The molecule has 4 aromatic rings. The van der Waals surface area contributed by atoms with Crippen molar-refractivity contribution in [2.75, 3.05) is 13.2 Å². The second-order valence-electron chi connectivity index (χ2n) is 11.8. The summed E-state index contributed by atoms with van der Waals surface area (Å²) in [5.74, 6) is 0.830. The Bertz CT molecular complexity index is 1480. The lowest BCUT2D eigenvalue weighted by atomic mass is 9.96. The Morgan fingerprint density at radius 2 is 1.78 bits per heavy atom. The number of nitrogens with one attached hydrogen (secondary N) is 2. The zero-order valence-electron chi connectivity index (χ0n) is 23.6. The van der Waals surface area contributed by atoms with Crippen LogP contribution in [0.2, 0.25) is 0 Å². The molecule has 4 heterocycles. The van der Waals surface area contributed by atoms with Crippen LogP contribution < -0.4 is 10.1 Å². The number of hydrogen-bond donors (Lipinski definition) is 2. The number of nitrogens with zero attached hydrogens (tertiary/aromatic N) is 2. The molecule has 7 rings (SSSR count). The molecule has 0 radical (unpaired) electrons. The van der Waals surface area contributed by atoms with E-state index in [1.54, 1.807) is 0 Å². The second kappa shape index (κ2) is 11.3. The number of carbonyl (C=O) groups excluding carboxylic acids is 1. The van der Waals surface area contributed by atoms with Gasteiger partial charge in [-0.3, -0.25) is 14.8 Å². The van der Waals surface area contributed by atoms with E-state index >= 15 is 0 Å². The van der Waals surface area contributed by atoms with Gasteiger partial charge in [-0.1, -0.05) is 43.7 Å². The van der Waals surface area contributed by atoms with Crippen LogP contribution in [0, 0.1) is 0 Å². The Kier molecular flexibility index (Phi) is 7.23. The molecule has 7 heteroatoms. The minimum absolute atomic E-state index is 0.0181. The summed E-state index contributed by atoms with van der Waals surface area (Å²) < 4.78 is 11.9. The number of benzene rings is 3. The fraction of sp³-hybridized carbons (Fsp3) is 0.412. The molecule has 3 aromatic carbocycles. The molecule has 2 unspecified atom stereocenters. The van der Waals surface area contributed by atoms with E-state index in [-0.39, 0.29) is 18.1 Å². The van der Waals surface area contributed by atoms with Crippen LogP contribution in [-0.2, 0) is 4.74 Å². The molecule has 3 fully saturated rings. The lowest BCUT2D eigenvalue weighted by Crippen LogP contribution is -2.57. The lowest BCUT2D eigenvalue weighted by molar-refractivity contribution is -0.102. The van der Waals surface area contributed by atoms with Crippen molar-refractivity contribution in [1.29, 1.82) is 0 Å². The largest absolute Gasteiger partial charge is 0.490 e. The van der Waals surface area contributed by atoms with Gasteiger partial charge in [0.2, 0.25) is 0 Å². The molecule has 212 valence electrons. The van der Waals surface area contributed by atoms with Crippen LogP contribution in [0.4, 0.5) is 0 Å². The first-order valence-electron chi connectivity index (χ1n) is 15.1. The molecule has 1 aromatic heterocycles. The molecule has 2 bridgehead atoms. The van der Waals surface area contributed by atoms with E-state index in [9.17, 15) is 4.79 Å². The monoisotopic (exact) mass is 550 g/mol. The number of amides is 1. The van der Waals surface area contributed by atoms with Crippen molar-refractivity contribution in [3.63, 3.8) is 0 Å². The molecule has 7 nitrogen and oxygen atoms in total. The molecule has 3 aliphatic rings. The highest BCUT2D eigenvalue weighted by atomic mass is 16.5. The number of carbonyl (C=O) groups is 1. The first kappa shape index (κ1) is 26.2. The molecular formula is C34H38N4O3. The molecule has 1 amide bonds. The standard InChI is InChI=1S/C34H38N4O3/c1-2-6-31(22-7-4-3-5-8-22)35-34(39)24-11-16-32-30(17-24)33(37-36-32)23-9-14-28(15-10-23)41-29-18-25-12-13-26(19-29)38(25)27-20-40-21-27/h3-5,7-11,14-17,25-27,29,31H,2,6,12-13,18-21H2,1H3,(H,35,39)(H,36,37)/t25?,26?,29?,31-/m0/s1. The van der Waals surface area contributed by atoms with E-state index in [2.05, 4.69) is 63.7 Å². The van der Waals surface area contributed by atoms with Gasteiger partial charge >= 0.3 is 0 Å². The minimum Gasteiger partial charge on any atom is -0.490 e. The molecule has 3 atom stereocenters. The average molecular weight is 551 g/mol. The lowest BCUT2D eigenvalue weighted by Gasteiger charge is -2.46. The Labute approximate surface area is 241 Å². The van der Waals surface area contributed by atoms with Crippen LogP contribution >= 0.6 is 0 Å². The Morgan fingerprint density at radius 3 is 2.46 bits per heavy atom. The van der Waals surface area contributed by atoms with Gasteiger partial charge in [-0.05, 0) is 80.1 Å². The van der Waals surface area contributed by atoms with Crippen LogP contribution in [0.15, 0.2) is 72.8 Å². The molecule has 0 saturated carbocycles. The molecular weight excluding hydrogens is 512 g/mol. The first-order chi connectivity index (χ1) is 20.2. The van der Waals surface area contributed by atoms with Crippen LogP contribution in [-0.4, -0.2) is 58.4 Å². The summed E-state index contributed by atoms with van der Waals surface area (Å²) in [6, 6.07) is 26.0. The average Bonchev–Trinajstić information content (AvgIpc) is 3.50. The number of ether oxygens (including phenoxy) is 2. The molecule has 0 aliphatic carbocycles. The SMILES string of the molecule is CCC[C@H](NC(=O)c1ccc2[nH]nc(-c3ccc(OC4CC5CCC(C4)N5C4COC4)cc3)c2c1)c1ccccc1. The summed E-state index contributed by atoms with van der Waals surface area (Å²) in [5.41, 5.74) is 4.49. The van der Waals surface area contributed by atoms with Crippen LogP contribution in [0.25, 0.3) is 22.2 Å². The van der Waals surface area contributed by atoms with Gasteiger partial charge in [0.15, 0.2) is 0 Å². The van der Waals surface area contributed by atoms with E-state index < -0.39 is 0 Å². The summed E-state index contributed by atoms with van der Waals surface area (Å²) in [7, 11) is 0. The topological polar surface area (TPSA) is 79.5 Å². The maximum Gasteiger partial charge on any atom is 0.251 e. The van der Waals surface area contributed by atoms with Crippen molar-refractivity contribution in [2.45, 2.75) is 75.7 Å². The molecule has 3 saturated heterocycles. The second-order valence-corrected chi connectivity index (χ2v) is 11.8. The predicted octanol–water partition coefficient (Wildman–Crippen LogP) is 6.27. The quantitative estimate of drug-likeness (QED) is 0.257. The number of rotatable bonds is 9. The Hall–Kier alpha value is -3.68. The summed E-state index contributed by atoms with van der Waals surface area (Å²) in [4.78, 5) is 16.0. The van der Waals surface area contributed by atoms with Crippen LogP contribution in [0.3, 0.4) is 0 Å². The van der Waals surface area contributed by atoms with Gasteiger partial charge in [-0.15, -0.1) is 0 Å². The number of aromatic nitrogens is 2. The molecule has 0 spiro atoms. The predicted molar refractivity (Wildman–Crippen MR) is 160 cm³/mol. The third-order valence-corrected chi connectivity index (χ3v) is 9.13. The maximum absolute atomic E-state index is 13.3. The first-order valence-corrected chi connectivity index (χ1v) is 15.1. The van der Waals surface area contributed by atoms with Crippen molar-refractivity contribution in [1.82, 2.24) is 20.4 Å². The van der Waals surface area contributed by atoms with Crippen molar-refractivity contribution >= 4 is 16.8 Å². The fourth-order valence-electron chi connectivity index (χ4n) is 7.05. The normalized spacial score (nSPS) is 23.3. The van der Waals surface area contributed by atoms with E-state index in [1.807, 2.05) is 36.4 Å². The third-order valence-electron chi connectivity index (χ3n) is 9.13. The van der Waals surface area contributed by atoms with Crippen molar-refractivity contribution in [2.24, 2.45) is 0 Å². The van der Waals surface area contributed by atoms with Gasteiger partial charge in [0.1, 0.15) is 11.9 Å². The van der Waals surface area contributed by atoms with E-state index in [4.69, 9.17) is 9.47 Å². The minimum atomic E-state index is -0.0741. The number of piperidine rings is 1. The highest BCUT2D eigenvalue weighted by Crippen LogP contribution is 2.40. The van der Waals surface area contributed by atoms with Crippen molar-refractivity contribution < 1.29 is 14.3 Å². The van der Waals surface area contributed by atoms with E-state index in [0.717, 1.165) is 72.4 Å². The molecule has 3 aliphatic heterocycles. The fourth-order valence-corrected chi connectivity index (χ4v) is 7.05.